The van der Waals surface area contributed by atoms with Crippen LogP contribution in [0.4, 0.5) is 0 Å². The van der Waals surface area contributed by atoms with E-state index in [1.807, 2.05) is 0 Å². The molecular formula is C9H15N. The molecule has 2 atom stereocenters. The molecule has 2 unspecified atom stereocenters. The van der Waals surface area contributed by atoms with Gasteiger partial charge in [0.05, 0.1) is 0 Å². The van der Waals surface area contributed by atoms with Crippen molar-refractivity contribution < 1.29 is 0 Å². The summed E-state index contributed by atoms with van der Waals surface area (Å²) < 4.78 is 0. The molecule has 0 aromatic carbocycles. The zero-order valence-corrected chi connectivity index (χ0v) is 6.56. The Morgan fingerprint density at radius 2 is 2.30 bits per heavy atom. The first-order chi connectivity index (χ1) is 4.77. The number of hydrogen-bond donors (Lipinski definition) is 1. The second kappa shape index (κ2) is 2.09. The van der Waals surface area contributed by atoms with Crippen LogP contribution < -0.4 is 5.73 Å². The highest BCUT2D eigenvalue weighted by atomic mass is 14.6. The number of nitrogens with two attached hydrogens (primary N) is 1. The van der Waals surface area contributed by atoms with Gasteiger partial charge in [-0.25, -0.2) is 0 Å². The van der Waals surface area contributed by atoms with Crippen LogP contribution in [-0.4, -0.2) is 6.04 Å². The van der Waals surface area contributed by atoms with Crippen molar-refractivity contribution in [2.45, 2.75) is 38.6 Å². The van der Waals surface area contributed by atoms with E-state index in [9.17, 15) is 0 Å². The Bertz CT molecular complexity index is 179. The lowest BCUT2D eigenvalue weighted by Gasteiger charge is -2.14. The van der Waals surface area contributed by atoms with Crippen LogP contribution in [0.15, 0.2) is 11.1 Å². The number of fused-ring (bicyclic) bond motifs is 2. The molecular weight excluding hydrogens is 122 g/mol. The number of hydrogen-bond acceptors (Lipinski definition) is 1. The lowest BCUT2D eigenvalue weighted by Crippen LogP contribution is -2.19. The second-order valence-corrected chi connectivity index (χ2v) is 3.73. The molecule has 2 aliphatic rings. The smallest absolute Gasteiger partial charge is 0.0227 e. The van der Waals surface area contributed by atoms with Gasteiger partial charge in [-0.3, -0.25) is 0 Å². The fraction of sp³-hybridized carbons (Fsp3) is 0.778. The summed E-state index contributed by atoms with van der Waals surface area (Å²) >= 11 is 0. The number of rotatable bonds is 1. The summed E-state index contributed by atoms with van der Waals surface area (Å²) in [6.07, 6.45) is 5.47. The highest BCUT2D eigenvalue weighted by molar-refractivity contribution is 5.28. The zero-order chi connectivity index (χ0) is 7.14. The van der Waals surface area contributed by atoms with Crippen LogP contribution >= 0.6 is 0 Å². The average molecular weight is 137 g/mol. The molecule has 56 valence electrons. The Morgan fingerprint density at radius 1 is 1.50 bits per heavy atom. The fourth-order valence-electron chi connectivity index (χ4n) is 2.36. The van der Waals surface area contributed by atoms with E-state index in [-0.39, 0.29) is 0 Å². The van der Waals surface area contributed by atoms with Crippen LogP contribution in [0.2, 0.25) is 0 Å². The first-order valence-corrected chi connectivity index (χ1v) is 4.23. The summed E-state index contributed by atoms with van der Waals surface area (Å²) in [4.78, 5) is 0. The third-order valence-corrected chi connectivity index (χ3v) is 2.90. The lowest BCUT2D eigenvalue weighted by atomic mass is 9.95. The van der Waals surface area contributed by atoms with Crippen LogP contribution in [0.3, 0.4) is 0 Å². The Kier molecular flexibility index (Phi) is 1.34. The fourth-order valence-corrected chi connectivity index (χ4v) is 2.36. The van der Waals surface area contributed by atoms with Gasteiger partial charge >= 0.3 is 0 Å². The summed E-state index contributed by atoms with van der Waals surface area (Å²) in [5.74, 6) is 0.982. The molecule has 0 saturated heterocycles. The van der Waals surface area contributed by atoms with Crippen molar-refractivity contribution in [1.29, 1.82) is 0 Å². The molecule has 0 aromatic rings. The molecule has 0 spiro atoms. The Hall–Kier alpha value is -0.300. The van der Waals surface area contributed by atoms with Crippen LogP contribution in [0.25, 0.3) is 0 Å². The van der Waals surface area contributed by atoms with Gasteiger partial charge in [0.25, 0.3) is 0 Å². The molecule has 0 heterocycles. The minimum absolute atomic E-state index is 0.334. The minimum atomic E-state index is 0.334. The maximum Gasteiger partial charge on any atom is 0.0227 e. The Balaban J connectivity index is 2.22. The molecule has 2 bridgehead atoms. The predicted octanol–water partition coefficient (Wildman–Crippen LogP) is 1.83. The van der Waals surface area contributed by atoms with Crippen molar-refractivity contribution >= 4 is 0 Å². The molecule has 1 nitrogen and oxygen atoms in total. The van der Waals surface area contributed by atoms with Gasteiger partial charge in [0.1, 0.15) is 0 Å². The summed E-state index contributed by atoms with van der Waals surface area (Å²) in [5, 5.41) is 0. The largest absolute Gasteiger partial charge is 0.324 e. The van der Waals surface area contributed by atoms with E-state index in [1.54, 1.807) is 11.1 Å². The second-order valence-electron chi connectivity index (χ2n) is 3.73. The monoisotopic (exact) mass is 137 g/mol. The van der Waals surface area contributed by atoms with Crippen molar-refractivity contribution in [2.75, 3.05) is 0 Å². The first kappa shape index (κ1) is 6.41. The van der Waals surface area contributed by atoms with Crippen molar-refractivity contribution in [1.82, 2.24) is 0 Å². The van der Waals surface area contributed by atoms with Crippen LogP contribution in [0, 0.1) is 5.92 Å². The van der Waals surface area contributed by atoms with Crippen molar-refractivity contribution in [3.63, 3.8) is 0 Å². The number of allylic oxidation sites excluding steroid dienone is 1. The van der Waals surface area contributed by atoms with E-state index in [0.717, 1.165) is 5.92 Å². The van der Waals surface area contributed by atoms with E-state index >= 15 is 0 Å². The average Bonchev–Trinajstić information content (AvgIpc) is 2.44. The molecule has 1 saturated carbocycles. The summed E-state index contributed by atoms with van der Waals surface area (Å²) in [6.45, 7) is 2.11. The normalized spacial score (nSPS) is 33.6. The van der Waals surface area contributed by atoms with Gasteiger partial charge in [0.2, 0.25) is 0 Å². The molecule has 1 heteroatoms. The van der Waals surface area contributed by atoms with E-state index in [1.165, 1.54) is 25.7 Å². The van der Waals surface area contributed by atoms with Crippen molar-refractivity contribution in [2.24, 2.45) is 11.7 Å². The lowest BCUT2D eigenvalue weighted by molar-refractivity contribution is 0.547. The van der Waals surface area contributed by atoms with Crippen LogP contribution in [-0.2, 0) is 0 Å². The van der Waals surface area contributed by atoms with Gasteiger partial charge in [0, 0.05) is 6.04 Å². The maximum atomic E-state index is 5.83. The standard InChI is InChI=1S/C9H15N/c1-6(10)9-5-7-2-3-8(9)4-7/h6-7H,2-5,10H2,1H3. The highest BCUT2D eigenvalue weighted by Crippen LogP contribution is 2.44. The molecule has 0 aromatic heterocycles. The van der Waals surface area contributed by atoms with E-state index in [4.69, 9.17) is 5.73 Å². The molecule has 2 rings (SSSR count). The van der Waals surface area contributed by atoms with Gasteiger partial charge in [0.15, 0.2) is 0 Å². The van der Waals surface area contributed by atoms with Crippen LogP contribution in [0.5, 0.6) is 0 Å². The molecule has 2 aliphatic carbocycles. The SMILES string of the molecule is CC(N)C1=C2CCC(C2)C1. The van der Waals surface area contributed by atoms with Crippen molar-refractivity contribution in [3.05, 3.63) is 11.1 Å². The van der Waals surface area contributed by atoms with Gasteiger partial charge in [-0.05, 0) is 38.5 Å². The molecule has 0 radical (unpaired) electrons. The topological polar surface area (TPSA) is 26.0 Å². The van der Waals surface area contributed by atoms with Crippen LogP contribution in [0.1, 0.15) is 32.6 Å². The molecule has 1 fully saturated rings. The van der Waals surface area contributed by atoms with Gasteiger partial charge in [-0.1, -0.05) is 11.1 Å². The third kappa shape index (κ3) is 0.807. The summed E-state index contributed by atoms with van der Waals surface area (Å²) in [7, 11) is 0. The third-order valence-electron chi connectivity index (χ3n) is 2.90. The van der Waals surface area contributed by atoms with Gasteiger partial charge < -0.3 is 5.73 Å². The molecule has 0 amide bonds. The van der Waals surface area contributed by atoms with Gasteiger partial charge in [-0.15, -0.1) is 0 Å². The highest BCUT2D eigenvalue weighted by Gasteiger charge is 2.30. The van der Waals surface area contributed by atoms with E-state index in [2.05, 4.69) is 6.92 Å². The Labute approximate surface area is 62.3 Å². The molecule has 2 N–H and O–H groups in total. The van der Waals surface area contributed by atoms with E-state index in [0.29, 0.717) is 6.04 Å². The molecule has 0 aliphatic heterocycles. The van der Waals surface area contributed by atoms with E-state index < -0.39 is 0 Å². The predicted molar refractivity (Wildman–Crippen MR) is 42.6 cm³/mol. The van der Waals surface area contributed by atoms with Crippen molar-refractivity contribution in [3.8, 4) is 0 Å². The summed E-state index contributed by atoms with van der Waals surface area (Å²) in [5.41, 5.74) is 9.10. The summed E-state index contributed by atoms with van der Waals surface area (Å²) in [6, 6.07) is 0.334. The zero-order valence-electron chi connectivity index (χ0n) is 6.56. The molecule has 10 heavy (non-hydrogen) atoms. The Morgan fingerprint density at radius 3 is 2.60 bits per heavy atom. The quantitative estimate of drug-likeness (QED) is 0.548. The maximum absolute atomic E-state index is 5.83. The first-order valence-electron chi connectivity index (χ1n) is 4.23. The minimum Gasteiger partial charge on any atom is -0.324 e. The van der Waals surface area contributed by atoms with Gasteiger partial charge in [-0.2, -0.15) is 0 Å².